The second kappa shape index (κ2) is 11.8. The van der Waals surface area contributed by atoms with Crippen molar-refractivity contribution in [2.75, 3.05) is 6.54 Å². The summed E-state index contributed by atoms with van der Waals surface area (Å²) in [5, 5.41) is 3.04. The van der Waals surface area contributed by atoms with Crippen molar-refractivity contribution in [1.82, 2.24) is 10.2 Å². The van der Waals surface area contributed by atoms with Gasteiger partial charge in [-0.15, -0.1) is 0 Å². The van der Waals surface area contributed by atoms with E-state index in [4.69, 9.17) is 0 Å². The Morgan fingerprint density at radius 2 is 1.31 bits per heavy atom. The van der Waals surface area contributed by atoms with Crippen LogP contribution in [0.1, 0.15) is 43.0 Å². The Morgan fingerprint density at radius 1 is 0.781 bits per heavy atom. The van der Waals surface area contributed by atoms with E-state index in [0.29, 0.717) is 31.8 Å². The predicted molar refractivity (Wildman–Crippen MR) is 129 cm³/mol. The second-order valence-electron chi connectivity index (χ2n) is 8.45. The fourth-order valence-electron chi connectivity index (χ4n) is 3.65. The highest BCUT2D eigenvalue weighted by Gasteiger charge is 2.31. The third-order valence-corrected chi connectivity index (χ3v) is 5.35. The van der Waals surface area contributed by atoms with Gasteiger partial charge in [0.25, 0.3) is 0 Å². The Kier molecular flexibility index (Phi) is 8.61. The van der Waals surface area contributed by atoms with Crippen LogP contribution in [-0.4, -0.2) is 23.3 Å². The molecular weight excluding hydrogens is 396 g/mol. The lowest BCUT2D eigenvalue weighted by Crippen LogP contribution is -2.44. The van der Waals surface area contributed by atoms with Crippen LogP contribution in [0.5, 0.6) is 0 Å². The minimum Gasteiger partial charge on any atom is -0.354 e. The summed E-state index contributed by atoms with van der Waals surface area (Å²) in [5.74, 6) is 0.145. The Hall–Kier alpha value is -3.40. The Morgan fingerprint density at radius 3 is 1.88 bits per heavy atom. The highest BCUT2D eigenvalue weighted by Crippen LogP contribution is 2.25. The van der Waals surface area contributed by atoms with Crippen molar-refractivity contribution in [3.63, 3.8) is 0 Å². The molecule has 4 nitrogen and oxygen atoms in total. The van der Waals surface area contributed by atoms with Gasteiger partial charge in [0.05, 0.1) is 0 Å². The first-order chi connectivity index (χ1) is 15.5. The molecule has 0 aromatic heterocycles. The zero-order chi connectivity index (χ0) is 22.8. The van der Waals surface area contributed by atoms with Crippen molar-refractivity contribution in [3.05, 3.63) is 108 Å². The maximum absolute atomic E-state index is 13.5. The molecule has 0 heterocycles. The molecule has 3 aromatic carbocycles. The molecule has 4 heteroatoms. The summed E-state index contributed by atoms with van der Waals surface area (Å²) >= 11 is 0. The van der Waals surface area contributed by atoms with Gasteiger partial charge in [-0.05, 0) is 29.0 Å². The molecule has 0 aliphatic heterocycles. The minimum absolute atomic E-state index is 0.0359. The van der Waals surface area contributed by atoms with E-state index in [9.17, 15) is 9.59 Å². The van der Waals surface area contributed by atoms with Crippen molar-refractivity contribution in [2.24, 2.45) is 5.92 Å². The monoisotopic (exact) mass is 428 g/mol. The van der Waals surface area contributed by atoms with Crippen LogP contribution in [0.3, 0.4) is 0 Å². The van der Waals surface area contributed by atoms with Gasteiger partial charge >= 0.3 is 0 Å². The third kappa shape index (κ3) is 6.81. The van der Waals surface area contributed by atoms with Gasteiger partial charge in [0.15, 0.2) is 0 Å². The highest BCUT2D eigenvalue weighted by molar-refractivity contribution is 5.88. The molecule has 1 N–H and O–H groups in total. The van der Waals surface area contributed by atoms with E-state index < -0.39 is 6.04 Å². The first kappa shape index (κ1) is 23.3. The molecule has 3 aromatic rings. The molecule has 0 saturated heterocycles. The van der Waals surface area contributed by atoms with E-state index in [2.05, 4.69) is 19.2 Å². The van der Waals surface area contributed by atoms with Crippen LogP contribution in [0.15, 0.2) is 91.0 Å². The summed E-state index contributed by atoms with van der Waals surface area (Å²) in [7, 11) is 0. The van der Waals surface area contributed by atoms with Crippen molar-refractivity contribution < 1.29 is 9.59 Å². The van der Waals surface area contributed by atoms with Crippen molar-refractivity contribution >= 4 is 11.8 Å². The average Bonchev–Trinajstić information content (AvgIpc) is 2.83. The first-order valence-electron chi connectivity index (χ1n) is 11.2. The molecule has 0 spiro atoms. The third-order valence-electron chi connectivity index (χ3n) is 5.35. The Balaban J connectivity index is 1.90. The molecule has 0 fully saturated rings. The van der Waals surface area contributed by atoms with Crippen LogP contribution in [0, 0.1) is 5.92 Å². The van der Waals surface area contributed by atoms with E-state index in [0.717, 1.165) is 16.7 Å². The zero-order valence-electron chi connectivity index (χ0n) is 18.9. The lowest BCUT2D eigenvalue weighted by Gasteiger charge is -2.32. The summed E-state index contributed by atoms with van der Waals surface area (Å²) in [6, 6.07) is 28.7. The number of aryl methyl sites for hydroxylation is 1. The Bertz CT molecular complexity index is 972. The van der Waals surface area contributed by atoms with Gasteiger partial charge in [0, 0.05) is 19.5 Å². The van der Waals surface area contributed by atoms with Crippen LogP contribution in [-0.2, 0) is 22.6 Å². The number of nitrogens with one attached hydrogen (secondary N) is 1. The van der Waals surface area contributed by atoms with Gasteiger partial charge in [0.2, 0.25) is 11.8 Å². The summed E-state index contributed by atoms with van der Waals surface area (Å²) in [4.78, 5) is 28.6. The van der Waals surface area contributed by atoms with Gasteiger partial charge in [-0.3, -0.25) is 9.59 Å². The number of rotatable bonds is 10. The quantitative estimate of drug-likeness (QED) is 0.485. The highest BCUT2D eigenvalue weighted by atomic mass is 16.2. The molecule has 166 valence electrons. The molecule has 2 amide bonds. The van der Waals surface area contributed by atoms with E-state index >= 15 is 0 Å². The van der Waals surface area contributed by atoms with E-state index in [-0.39, 0.29) is 11.8 Å². The zero-order valence-corrected chi connectivity index (χ0v) is 18.9. The summed E-state index contributed by atoms with van der Waals surface area (Å²) < 4.78 is 0. The van der Waals surface area contributed by atoms with Crippen molar-refractivity contribution in [3.8, 4) is 0 Å². The average molecular weight is 429 g/mol. The number of hydrogen-bond donors (Lipinski definition) is 1. The van der Waals surface area contributed by atoms with E-state index in [1.807, 2.05) is 91.0 Å². The molecule has 0 aliphatic rings. The minimum atomic E-state index is -0.682. The van der Waals surface area contributed by atoms with Crippen molar-refractivity contribution in [1.29, 1.82) is 0 Å². The summed E-state index contributed by atoms with van der Waals surface area (Å²) in [6.07, 6.45) is 0.984. The molecule has 0 radical (unpaired) electrons. The molecule has 32 heavy (non-hydrogen) atoms. The fourth-order valence-corrected chi connectivity index (χ4v) is 3.65. The molecule has 1 unspecified atom stereocenters. The van der Waals surface area contributed by atoms with Gasteiger partial charge < -0.3 is 10.2 Å². The number of carbonyl (C=O) groups is 2. The van der Waals surface area contributed by atoms with Gasteiger partial charge in [-0.25, -0.2) is 0 Å². The largest absolute Gasteiger partial charge is 0.354 e. The second-order valence-corrected chi connectivity index (χ2v) is 8.45. The molecular formula is C28H32N2O2. The van der Waals surface area contributed by atoms with Gasteiger partial charge in [-0.1, -0.05) is 105 Å². The van der Waals surface area contributed by atoms with E-state index in [1.165, 1.54) is 0 Å². The lowest BCUT2D eigenvalue weighted by atomic mass is 10.0. The number of carbonyl (C=O) groups excluding carboxylic acids is 2. The number of hydrogen-bond acceptors (Lipinski definition) is 2. The van der Waals surface area contributed by atoms with Crippen LogP contribution >= 0.6 is 0 Å². The van der Waals surface area contributed by atoms with Crippen LogP contribution < -0.4 is 5.32 Å². The molecule has 1 atom stereocenters. The lowest BCUT2D eigenvalue weighted by molar-refractivity contribution is -0.141. The number of nitrogens with zero attached hydrogens (tertiary/aromatic N) is 1. The summed E-state index contributed by atoms with van der Waals surface area (Å²) in [6.45, 7) is 5.07. The van der Waals surface area contributed by atoms with Gasteiger partial charge in [0.1, 0.15) is 6.04 Å². The predicted octanol–water partition coefficient (Wildman–Crippen LogP) is 5.16. The smallest absolute Gasteiger partial charge is 0.247 e. The standard InChI is InChI=1S/C28H32N2O2/c1-22(2)20-29-28(32)27(25-16-10-5-11-17-25)30(21-24-14-8-4-9-15-24)26(31)19-18-23-12-6-3-7-13-23/h3-17,22,27H,18-21H2,1-2H3,(H,29,32). The summed E-state index contributed by atoms with van der Waals surface area (Å²) in [5.41, 5.74) is 2.93. The maximum Gasteiger partial charge on any atom is 0.247 e. The van der Waals surface area contributed by atoms with Crippen LogP contribution in [0.4, 0.5) is 0 Å². The van der Waals surface area contributed by atoms with Crippen molar-refractivity contribution in [2.45, 2.75) is 39.3 Å². The van der Waals surface area contributed by atoms with Crippen LogP contribution in [0.2, 0.25) is 0 Å². The number of amides is 2. The molecule has 3 rings (SSSR count). The Labute approximate surface area is 191 Å². The van der Waals surface area contributed by atoms with Crippen LogP contribution in [0.25, 0.3) is 0 Å². The maximum atomic E-state index is 13.5. The SMILES string of the molecule is CC(C)CNC(=O)C(c1ccccc1)N(Cc1ccccc1)C(=O)CCc1ccccc1. The normalized spacial score (nSPS) is 11.7. The fraction of sp³-hybridized carbons (Fsp3) is 0.286. The molecule has 0 saturated carbocycles. The molecule has 0 aliphatic carbocycles. The first-order valence-corrected chi connectivity index (χ1v) is 11.2. The number of benzene rings is 3. The molecule has 0 bridgehead atoms. The van der Waals surface area contributed by atoms with Gasteiger partial charge in [-0.2, -0.15) is 0 Å². The topological polar surface area (TPSA) is 49.4 Å². The van der Waals surface area contributed by atoms with E-state index in [1.54, 1.807) is 4.90 Å².